The third kappa shape index (κ3) is 6.17. The molecule has 0 saturated carbocycles. The molecule has 7 nitrogen and oxygen atoms in total. The highest BCUT2D eigenvalue weighted by Crippen LogP contribution is 2.13. The summed E-state index contributed by atoms with van der Waals surface area (Å²) in [5, 5.41) is 3.24. The Labute approximate surface area is 149 Å². The lowest BCUT2D eigenvalue weighted by Gasteiger charge is -2.31. The van der Waals surface area contributed by atoms with Crippen LogP contribution >= 0.6 is 0 Å². The SMILES string of the molecule is CCOC(=O)N1CCC(NC(N)=NCCc2cccc(OC)c2)CC1. The number of nitrogens with one attached hydrogen (secondary N) is 1. The molecule has 7 heteroatoms. The Kier molecular flexibility index (Phi) is 7.37. The van der Waals surface area contributed by atoms with Crippen LogP contribution in [0.4, 0.5) is 4.79 Å². The first-order valence-corrected chi connectivity index (χ1v) is 8.73. The van der Waals surface area contributed by atoms with Gasteiger partial charge in [0.25, 0.3) is 0 Å². The summed E-state index contributed by atoms with van der Waals surface area (Å²) in [5.41, 5.74) is 7.14. The number of aliphatic imine (C=N–C) groups is 1. The number of benzene rings is 1. The van der Waals surface area contributed by atoms with Crippen molar-refractivity contribution in [1.29, 1.82) is 0 Å². The Bertz CT molecular complexity index is 583. The van der Waals surface area contributed by atoms with Gasteiger partial charge < -0.3 is 25.4 Å². The fourth-order valence-electron chi connectivity index (χ4n) is 2.81. The van der Waals surface area contributed by atoms with Gasteiger partial charge >= 0.3 is 6.09 Å². The molecule has 0 aromatic heterocycles. The fourth-order valence-corrected chi connectivity index (χ4v) is 2.81. The predicted octanol–water partition coefficient (Wildman–Crippen LogP) is 1.76. The zero-order valence-corrected chi connectivity index (χ0v) is 15.0. The molecule has 2 rings (SSSR count). The molecule has 1 aromatic carbocycles. The Morgan fingerprint density at radius 3 is 2.84 bits per heavy atom. The fraction of sp³-hybridized carbons (Fsp3) is 0.556. The van der Waals surface area contributed by atoms with Gasteiger partial charge in [0.05, 0.1) is 13.7 Å². The van der Waals surface area contributed by atoms with E-state index in [1.807, 2.05) is 31.2 Å². The second kappa shape index (κ2) is 9.76. The van der Waals surface area contributed by atoms with E-state index >= 15 is 0 Å². The Morgan fingerprint density at radius 2 is 2.16 bits per heavy atom. The molecule has 1 aliphatic heterocycles. The molecular formula is C18H28N4O3. The van der Waals surface area contributed by atoms with Gasteiger partial charge in [-0.05, 0) is 43.9 Å². The lowest BCUT2D eigenvalue weighted by Crippen LogP contribution is -2.48. The van der Waals surface area contributed by atoms with Crippen LogP contribution in [-0.2, 0) is 11.2 Å². The average molecular weight is 348 g/mol. The summed E-state index contributed by atoms with van der Waals surface area (Å²) < 4.78 is 10.2. The van der Waals surface area contributed by atoms with Crippen molar-refractivity contribution in [3.8, 4) is 5.75 Å². The lowest BCUT2D eigenvalue weighted by molar-refractivity contribution is 0.0963. The van der Waals surface area contributed by atoms with Crippen LogP contribution in [0.2, 0.25) is 0 Å². The van der Waals surface area contributed by atoms with Crippen molar-refractivity contribution < 1.29 is 14.3 Å². The summed E-state index contributed by atoms with van der Waals surface area (Å²) in [7, 11) is 1.66. The van der Waals surface area contributed by atoms with Crippen LogP contribution in [-0.4, -0.2) is 56.3 Å². The van der Waals surface area contributed by atoms with Crippen LogP contribution in [0, 0.1) is 0 Å². The molecular weight excluding hydrogens is 320 g/mol. The number of hydrogen-bond donors (Lipinski definition) is 2. The molecule has 0 spiro atoms. The molecule has 1 aliphatic rings. The maximum absolute atomic E-state index is 11.7. The second-order valence-corrected chi connectivity index (χ2v) is 5.97. The van der Waals surface area contributed by atoms with Crippen molar-refractivity contribution in [3.63, 3.8) is 0 Å². The molecule has 1 aromatic rings. The maximum Gasteiger partial charge on any atom is 0.409 e. The molecule has 0 unspecified atom stereocenters. The lowest BCUT2D eigenvalue weighted by atomic mass is 10.1. The molecule has 0 radical (unpaired) electrons. The van der Waals surface area contributed by atoms with Crippen molar-refractivity contribution in [1.82, 2.24) is 10.2 Å². The van der Waals surface area contributed by atoms with Gasteiger partial charge in [0.2, 0.25) is 0 Å². The number of piperidine rings is 1. The largest absolute Gasteiger partial charge is 0.497 e. The zero-order valence-electron chi connectivity index (χ0n) is 15.0. The van der Waals surface area contributed by atoms with Gasteiger partial charge in [0.1, 0.15) is 5.75 Å². The van der Waals surface area contributed by atoms with Crippen LogP contribution in [0.5, 0.6) is 5.75 Å². The van der Waals surface area contributed by atoms with Crippen LogP contribution < -0.4 is 15.8 Å². The third-order valence-electron chi connectivity index (χ3n) is 4.19. The van der Waals surface area contributed by atoms with E-state index in [1.165, 1.54) is 5.56 Å². The molecule has 25 heavy (non-hydrogen) atoms. The summed E-state index contributed by atoms with van der Waals surface area (Å²) in [6.45, 7) is 4.19. The normalized spacial score (nSPS) is 15.8. The third-order valence-corrected chi connectivity index (χ3v) is 4.19. The van der Waals surface area contributed by atoms with Crippen LogP contribution in [0.1, 0.15) is 25.3 Å². The van der Waals surface area contributed by atoms with E-state index in [1.54, 1.807) is 12.0 Å². The van der Waals surface area contributed by atoms with Gasteiger partial charge in [-0.2, -0.15) is 0 Å². The molecule has 0 bridgehead atoms. The number of rotatable bonds is 6. The van der Waals surface area contributed by atoms with Crippen molar-refractivity contribution in [3.05, 3.63) is 29.8 Å². The topological polar surface area (TPSA) is 89.2 Å². The van der Waals surface area contributed by atoms with Crippen molar-refractivity contribution >= 4 is 12.1 Å². The quantitative estimate of drug-likeness (QED) is 0.604. The zero-order chi connectivity index (χ0) is 18.1. The number of ether oxygens (including phenoxy) is 2. The number of amides is 1. The number of nitrogens with zero attached hydrogens (tertiary/aromatic N) is 2. The van der Waals surface area contributed by atoms with E-state index in [-0.39, 0.29) is 12.1 Å². The van der Waals surface area contributed by atoms with Gasteiger partial charge in [-0.15, -0.1) is 0 Å². The average Bonchev–Trinajstić information content (AvgIpc) is 2.62. The van der Waals surface area contributed by atoms with E-state index in [2.05, 4.69) is 10.3 Å². The number of methoxy groups -OCH3 is 1. The monoisotopic (exact) mass is 348 g/mol. The molecule has 1 fully saturated rings. The second-order valence-electron chi connectivity index (χ2n) is 5.97. The summed E-state index contributed by atoms with van der Waals surface area (Å²) in [6, 6.07) is 8.19. The summed E-state index contributed by atoms with van der Waals surface area (Å²) in [5.74, 6) is 1.30. The van der Waals surface area contributed by atoms with Crippen molar-refractivity contribution in [2.75, 3.05) is 33.4 Å². The number of likely N-dealkylation sites (tertiary alicyclic amines) is 1. The first-order chi connectivity index (χ1) is 12.1. The van der Waals surface area contributed by atoms with E-state index < -0.39 is 0 Å². The summed E-state index contributed by atoms with van der Waals surface area (Å²) >= 11 is 0. The smallest absolute Gasteiger partial charge is 0.409 e. The van der Waals surface area contributed by atoms with Crippen LogP contribution in [0.3, 0.4) is 0 Å². The molecule has 138 valence electrons. The molecule has 0 atom stereocenters. The van der Waals surface area contributed by atoms with Crippen molar-refractivity contribution in [2.24, 2.45) is 10.7 Å². The minimum absolute atomic E-state index is 0.235. The van der Waals surface area contributed by atoms with E-state index in [0.29, 0.717) is 32.2 Å². The maximum atomic E-state index is 11.7. The highest BCUT2D eigenvalue weighted by Gasteiger charge is 2.23. The number of carbonyl (C=O) groups is 1. The number of nitrogens with two attached hydrogens (primary N) is 1. The Hall–Kier alpha value is -2.44. The minimum atomic E-state index is -0.235. The molecule has 1 saturated heterocycles. The highest BCUT2D eigenvalue weighted by molar-refractivity contribution is 5.78. The standard InChI is InChI=1S/C18H28N4O3/c1-3-25-18(23)22-11-8-15(9-12-22)21-17(19)20-10-7-14-5-4-6-16(13-14)24-2/h4-6,13,15H,3,7-12H2,1-2H3,(H3,19,20,21). The molecule has 0 aliphatic carbocycles. The minimum Gasteiger partial charge on any atom is -0.497 e. The van der Waals surface area contributed by atoms with Gasteiger partial charge in [-0.3, -0.25) is 4.99 Å². The summed E-state index contributed by atoms with van der Waals surface area (Å²) in [6.07, 6.45) is 2.25. The van der Waals surface area contributed by atoms with Crippen LogP contribution in [0.25, 0.3) is 0 Å². The van der Waals surface area contributed by atoms with Crippen molar-refractivity contribution in [2.45, 2.75) is 32.2 Å². The van der Waals surface area contributed by atoms with Crippen LogP contribution in [0.15, 0.2) is 29.3 Å². The van der Waals surface area contributed by atoms with Gasteiger partial charge in [0, 0.05) is 25.7 Å². The van der Waals surface area contributed by atoms with E-state index in [9.17, 15) is 4.79 Å². The molecule has 1 heterocycles. The molecule has 3 N–H and O–H groups in total. The van der Waals surface area contributed by atoms with Gasteiger partial charge in [-0.1, -0.05) is 12.1 Å². The number of hydrogen-bond acceptors (Lipinski definition) is 4. The Morgan fingerprint density at radius 1 is 1.40 bits per heavy atom. The number of carbonyl (C=O) groups excluding carboxylic acids is 1. The van der Waals surface area contributed by atoms with E-state index in [0.717, 1.165) is 25.0 Å². The van der Waals surface area contributed by atoms with E-state index in [4.69, 9.17) is 15.2 Å². The Balaban J connectivity index is 1.72. The first-order valence-electron chi connectivity index (χ1n) is 8.73. The molecule has 1 amide bonds. The van der Waals surface area contributed by atoms with Gasteiger partial charge in [0.15, 0.2) is 5.96 Å². The number of guanidine groups is 1. The summed E-state index contributed by atoms with van der Waals surface area (Å²) in [4.78, 5) is 17.8. The first kappa shape index (κ1) is 18.9. The predicted molar refractivity (Wildman–Crippen MR) is 97.9 cm³/mol. The van der Waals surface area contributed by atoms with Gasteiger partial charge in [-0.25, -0.2) is 4.79 Å². The highest BCUT2D eigenvalue weighted by atomic mass is 16.6.